The van der Waals surface area contributed by atoms with Gasteiger partial charge in [0.15, 0.2) is 0 Å². The Kier molecular flexibility index (Phi) is 43.9. The lowest BCUT2D eigenvalue weighted by atomic mass is 9.82. The third kappa shape index (κ3) is 33.8. The highest BCUT2D eigenvalue weighted by Crippen LogP contribution is 2.29. The van der Waals surface area contributed by atoms with Gasteiger partial charge in [0.05, 0.1) is 66.6 Å². The van der Waals surface area contributed by atoms with Gasteiger partial charge in [-0.3, -0.25) is 14.4 Å². The number of quaternary nitrogens is 2. The number of esters is 3. The molecule has 13 nitrogen and oxygen atoms in total. The van der Waals surface area contributed by atoms with Gasteiger partial charge in [-0.1, -0.05) is 73.3 Å². The van der Waals surface area contributed by atoms with Crippen molar-refractivity contribution in [2.45, 2.75) is 98.9 Å². The first-order valence-electron chi connectivity index (χ1n) is 13.5. The first-order chi connectivity index (χ1) is 18.1. The van der Waals surface area contributed by atoms with Crippen LogP contribution in [0.25, 0.3) is 0 Å². The number of nitrogens with zero attached hydrogens (tertiary/aromatic N) is 2. The Labute approximate surface area is 297 Å². The summed E-state index contributed by atoms with van der Waals surface area (Å²) in [5.74, 6) is -7.34. The van der Waals surface area contributed by atoms with Crippen molar-refractivity contribution in [2.75, 3.05) is 81.4 Å². The number of carboxylic acid groups (broad SMARTS) is 1. The fraction of sp³-hybridized carbons (Fsp3) is 0.882. The van der Waals surface area contributed by atoms with Crippen molar-refractivity contribution in [1.82, 2.24) is 0 Å². The second-order valence-corrected chi connectivity index (χ2v) is 14.0. The van der Waals surface area contributed by atoms with Crippen molar-refractivity contribution in [3.05, 3.63) is 0 Å². The smallest absolute Gasteiger partial charge is 0.309 e. The number of hydrogen-bond acceptors (Lipinski definition) is 10. The quantitative estimate of drug-likeness (QED) is 0.0810. The number of aliphatic carboxylic acids is 1. The molecule has 1 N–H and O–H groups in total. The summed E-state index contributed by atoms with van der Waals surface area (Å²) in [7, 11) is 7.04. The van der Waals surface area contributed by atoms with Gasteiger partial charge in [0, 0.05) is 18.0 Å². The van der Waals surface area contributed by atoms with E-state index in [9.17, 15) is 33.7 Å². The zero-order valence-corrected chi connectivity index (χ0v) is 26.1. The average Bonchev–Trinajstić information content (AvgIpc) is 2.77. The maximum atomic E-state index is 13.1. The molecule has 0 saturated carbocycles. The van der Waals surface area contributed by atoms with Gasteiger partial charge in [-0.05, 0) is 25.7 Å². The Bertz CT molecular complexity index is 881. The standard InChI is InChI=1S/C26H49N2O11P.8CH4/c1-9-20(25(32)37-12-10-27(3,4)5)17-22(26(33)38-13-11-28(6,7)8)18-21(23(29)30)16-19(2)24(31)39-14-15-40(34,35)36;;;;;;;;/h19-22H,9-18H2,1-8H3,(H-2,29,30,34,35,36);8*1H4. The summed E-state index contributed by atoms with van der Waals surface area (Å²) in [6.07, 6.45) is -0.888. The van der Waals surface area contributed by atoms with E-state index in [0.717, 1.165) is 0 Å². The number of rotatable bonds is 20. The molecule has 5 atom stereocenters. The number of ether oxygens (including phenoxy) is 3. The molecule has 0 radical (unpaired) electrons. The van der Waals surface area contributed by atoms with Crippen molar-refractivity contribution in [1.29, 1.82) is 0 Å². The minimum Gasteiger partial charge on any atom is -0.779 e. The predicted octanol–water partition coefficient (Wildman–Crippen LogP) is 4.48. The van der Waals surface area contributed by atoms with Crippen LogP contribution in [0.2, 0.25) is 0 Å². The van der Waals surface area contributed by atoms with Crippen molar-refractivity contribution in [2.24, 2.45) is 23.7 Å². The van der Waals surface area contributed by atoms with Gasteiger partial charge >= 0.3 is 17.9 Å². The molecule has 5 unspecified atom stereocenters. The monoisotopic (exact) mass is 725 g/mol. The van der Waals surface area contributed by atoms with Crippen LogP contribution < -0.4 is 10.00 Å². The highest BCUT2D eigenvalue weighted by Gasteiger charge is 2.33. The molecule has 0 amide bonds. The minimum atomic E-state index is -4.61. The third-order valence-corrected chi connectivity index (χ3v) is 7.05. The van der Waals surface area contributed by atoms with E-state index in [4.69, 9.17) is 19.1 Å². The maximum absolute atomic E-state index is 13.1. The SMILES string of the molecule is C.C.C.C.C.C.C.C.CCC(CC(CC(CC(C)C(=O)OCCP(=O)([O-])O)C(=O)[O-])C(=O)OCC[N+](C)(C)C)C(=O)OCC[N+](C)(C)C. The molecule has 14 heteroatoms. The second-order valence-electron chi connectivity index (χ2n) is 12.3. The lowest BCUT2D eigenvalue weighted by Crippen LogP contribution is -2.40. The van der Waals surface area contributed by atoms with Gasteiger partial charge in [0.2, 0.25) is 0 Å². The Morgan fingerprint density at radius 2 is 1.00 bits per heavy atom. The zero-order chi connectivity index (χ0) is 31.3. The molecule has 0 bridgehead atoms. The molecule has 0 fully saturated rings. The lowest BCUT2D eigenvalue weighted by Gasteiger charge is -2.28. The van der Waals surface area contributed by atoms with E-state index < -0.39 is 67.9 Å². The third-order valence-electron chi connectivity index (χ3n) is 6.30. The summed E-state index contributed by atoms with van der Waals surface area (Å²) in [6, 6.07) is 0. The highest BCUT2D eigenvalue weighted by molar-refractivity contribution is 7.50. The molecule has 0 aliphatic heterocycles. The normalized spacial score (nSPS) is 13.9. The van der Waals surface area contributed by atoms with E-state index in [-0.39, 0.29) is 91.9 Å². The summed E-state index contributed by atoms with van der Waals surface area (Å²) in [5.41, 5.74) is 0. The molecule has 0 heterocycles. The van der Waals surface area contributed by atoms with Crippen LogP contribution in [0, 0.1) is 23.7 Å². The fourth-order valence-corrected chi connectivity index (χ4v) is 4.02. The summed E-state index contributed by atoms with van der Waals surface area (Å²) >= 11 is 0. The summed E-state index contributed by atoms with van der Waals surface area (Å²) in [4.78, 5) is 69.8. The van der Waals surface area contributed by atoms with Gasteiger partial charge in [0.1, 0.15) is 33.9 Å². The van der Waals surface area contributed by atoms with E-state index in [1.807, 2.05) is 42.3 Å². The molecular weight excluding hydrogens is 643 g/mol. The predicted molar refractivity (Wildman–Crippen MR) is 196 cm³/mol. The van der Waals surface area contributed by atoms with Gasteiger partial charge in [-0.15, -0.1) is 0 Å². The summed E-state index contributed by atoms with van der Waals surface area (Å²) in [5, 5.41) is 12.0. The van der Waals surface area contributed by atoms with Crippen LogP contribution in [-0.2, 0) is 38.0 Å². The molecule has 0 aliphatic carbocycles. The molecular formula is C34H81N2O11P. The fourth-order valence-electron chi connectivity index (χ4n) is 3.70. The van der Waals surface area contributed by atoms with Gasteiger partial charge in [-0.25, -0.2) is 0 Å². The molecule has 0 saturated heterocycles. The van der Waals surface area contributed by atoms with Crippen molar-refractivity contribution >= 4 is 31.5 Å². The van der Waals surface area contributed by atoms with Gasteiger partial charge < -0.3 is 47.4 Å². The summed E-state index contributed by atoms with van der Waals surface area (Å²) < 4.78 is 27.7. The Hall–Kier alpha value is -2.05. The maximum Gasteiger partial charge on any atom is 0.309 e. The van der Waals surface area contributed by atoms with Crippen LogP contribution in [0.15, 0.2) is 0 Å². The van der Waals surface area contributed by atoms with Gasteiger partial charge in [0.25, 0.3) is 0 Å². The van der Waals surface area contributed by atoms with Crippen LogP contribution in [0.4, 0.5) is 0 Å². The zero-order valence-electron chi connectivity index (χ0n) is 25.3. The lowest BCUT2D eigenvalue weighted by molar-refractivity contribution is -0.870. The number of carbonyl (C=O) groups excluding carboxylic acids is 4. The molecule has 0 aromatic carbocycles. The second kappa shape index (κ2) is 31.0. The number of carboxylic acids is 1. The van der Waals surface area contributed by atoms with E-state index in [2.05, 4.69) is 0 Å². The van der Waals surface area contributed by atoms with Crippen LogP contribution >= 0.6 is 7.60 Å². The Balaban J connectivity index is -0.000000272. The van der Waals surface area contributed by atoms with Crippen molar-refractivity contribution in [3.8, 4) is 0 Å². The van der Waals surface area contributed by atoms with E-state index >= 15 is 0 Å². The number of likely N-dealkylation sites (N-methyl/N-ethyl adjacent to an activating group) is 2. The highest BCUT2D eigenvalue weighted by atomic mass is 31.2. The molecule has 0 aromatic rings. The molecule has 0 aromatic heterocycles. The van der Waals surface area contributed by atoms with E-state index in [0.29, 0.717) is 28.5 Å². The number of hydrogen-bond donors (Lipinski definition) is 1. The first kappa shape index (κ1) is 68.0. The van der Waals surface area contributed by atoms with Crippen LogP contribution in [-0.4, -0.2) is 119 Å². The summed E-state index contributed by atoms with van der Waals surface area (Å²) in [6.45, 7) is 3.98. The Morgan fingerprint density at radius 1 is 0.646 bits per heavy atom. The average molecular weight is 725 g/mol. The van der Waals surface area contributed by atoms with E-state index in [1.54, 1.807) is 6.92 Å². The molecule has 0 aliphatic rings. The van der Waals surface area contributed by atoms with Crippen molar-refractivity contribution in [3.63, 3.8) is 0 Å². The van der Waals surface area contributed by atoms with Gasteiger partial charge in [-0.2, -0.15) is 0 Å². The topological polar surface area (TPSA) is 179 Å². The van der Waals surface area contributed by atoms with Crippen molar-refractivity contribution < 1.29 is 61.8 Å². The largest absolute Gasteiger partial charge is 0.779 e. The number of carbonyl (C=O) groups is 4. The van der Waals surface area contributed by atoms with Crippen LogP contribution in [0.5, 0.6) is 0 Å². The van der Waals surface area contributed by atoms with Crippen LogP contribution in [0.1, 0.15) is 98.9 Å². The van der Waals surface area contributed by atoms with E-state index in [1.165, 1.54) is 6.92 Å². The molecule has 0 spiro atoms. The van der Waals surface area contributed by atoms with Crippen LogP contribution in [0.3, 0.4) is 0 Å². The molecule has 48 heavy (non-hydrogen) atoms. The first-order valence-corrected chi connectivity index (χ1v) is 15.3. The molecule has 298 valence electrons. The minimum absolute atomic E-state index is 0. The Morgan fingerprint density at radius 3 is 1.33 bits per heavy atom. The molecule has 0 rings (SSSR count).